The van der Waals surface area contributed by atoms with E-state index in [-0.39, 0.29) is 29.7 Å². The van der Waals surface area contributed by atoms with Gasteiger partial charge in [-0.1, -0.05) is 12.1 Å². The fourth-order valence-corrected chi connectivity index (χ4v) is 5.23. The predicted molar refractivity (Wildman–Crippen MR) is 129 cm³/mol. The fraction of sp³-hybridized carbons (Fsp3) is 0.611. The van der Waals surface area contributed by atoms with Gasteiger partial charge in [-0.05, 0) is 25.5 Å². The number of methoxy groups -OCH3 is 1. The first-order valence-electron chi connectivity index (χ1n) is 9.17. The van der Waals surface area contributed by atoms with Gasteiger partial charge in [0, 0.05) is 43.2 Å². The number of aliphatic imine (C=N–C) groups is 1. The maximum absolute atomic E-state index is 12.4. The fourth-order valence-electron chi connectivity index (χ4n) is 2.74. The van der Waals surface area contributed by atoms with Gasteiger partial charge in [0.2, 0.25) is 10.0 Å². The number of aryl methyl sites for hydroxylation is 1. The SMILES string of the molecule is CCNC(=NCc1ccc(C)cc1OC)NCCS(=O)(=O)N1CCSCC1.I. The van der Waals surface area contributed by atoms with E-state index in [0.717, 1.165) is 28.4 Å². The summed E-state index contributed by atoms with van der Waals surface area (Å²) in [6.45, 7) is 6.68. The van der Waals surface area contributed by atoms with E-state index in [4.69, 9.17) is 4.74 Å². The molecule has 1 fully saturated rings. The number of hydrogen-bond acceptors (Lipinski definition) is 5. The number of rotatable bonds is 8. The van der Waals surface area contributed by atoms with Gasteiger partial charge in [0.1, 0.15) is 5.75 Å². The molecule has 0 aliphatic carbocycles. The second-order valence-corrected chi connectivity index (χ2v) is 9.58. The molecule has 1 heterocycles. The van der Waals surface area contributed by atoms with Gasteiger partial charge in [0.05, 0.1) is 19.4 Å². The second-order valence-electron chi connectivity index (χ2n) is 6.26. The molecule has 0 amide bonds. The van der Waals surface area contributed by atoms with Gasteiger partial charge in [-0.2, -0.15) is 11.8 Å². The molecule has 1 aromatic carbocycles. The number of nitrogens with one attached hydrogen (secondary N) is 2. The largest absolute Gasteiger partial charge is 0.496 e. The topological polar surface area (TPSA) is 83.0 Å². The molecule has 28 heavy (non-hydrogen) atoms. The van der Waals surface area contributed by atoms with Crippen LogP contribution in [0.5, 0.6) is 5.75 Å². The molecule has 1 aliphatic heterocycles. The summed E-state index contributed by atoms with van der Waals surface area (Å²) in [4.78, 5) is 4.56. The molecule has 1 aliphatic rings. The van der Waals surface area contributed by atoms with E-state index in [1.807, 2.05) is 32.0 Å². The van der Waals surface area contributed by atoms with E-state index < -0.39 is 10.0 Å². The molecule has 0 atom stereocenters. The molecule has 0 unspecified atom stereocenters. The third-order valence-corrected chi connectivity index (χ3v) is 7.02. The van der Waals surface area contributed by atoms with Crippen molar-refractivity contribution in [2.24, 2.45) is 4.99 Å². The Bertz CT molecular complexity index is 738. The standard InChI is InChI=1S/C18H30N4O3S2.HI/c1-4-19-18(21-14-16-6-5-15(2)13-17(16)25-3)20-7-12-27(23,24)22-8-10-26-11-9-22;/h5-6,13H,4,7-12,14H2,1-3H3,(H2,19,20,21);1H. The Labute approximate surface area is 190 Å². The van der Waals surface area contributed by atoms with Crippen molar-refractivity contribution in [2.75, 3.05) is 50.5 Å². The van der Waals surface area contributed by atoms with Crippen molar-refractivity contribution in [3.05, 3.63) is 29.3 Å². The minimum Gasteiger partial charge on any atom is -0.496 e. The van der Waals surface area contributed by atoms with Gasteiger partial charge < -0.3 is 15.4 Å². The summed E-state index contributed by atoms with van der Waals surface area (Å²) in [5.41, 5.74) is 2.12. The molecule has 1 saturated heterocycles. The van der Waals surface area contributed by atoms with Crippen LogP contribution < -0.4 is 15.4 Å². The van der Waals surface area contributed by atoms with E-state index in [1.54, 1.807) is 23.2 Å². The maximum Gasteiger partial charge on any atom is 0.215 e. The first-order valence-corrected chi connectivity index (χ1v) is 11.9. The Balaban J connectivity index is 0.00000392. The number of nitrogens with zero attached hydrogens (tertiary/aromatic N) is 2. The van der Waals surface area contributed by atoms with Crippen LogP contribution in [0.15, 0.2) is 23.2 Å². The zero-order valence-electron chi connectivity index (χ0n) is 16.7. The Morgan fingerprint density at radius 2 is 2.00 bits per heavy atom. The van der Waals surface area contributed by atoms with E-state index in [0.29, 0.717) is 38.7 Å². The minimum atomic E-state index is -3.22. The van der Waals surface area contributed by atoms with Crippen molar-refractivity contribution in [3.8, 4) is 5.75 Å². The summed E-state index contributed by atoms with van der Waals surface area (Å²) >= 11 is 1.80. The zero-order chi connectivity index (χ0) is 19.7. The van der Waals surface area contributed by atoms with Crippen molar-refractivity contribution in [2.45, 2.75) is 20.4 Å². The van der Waals surface area contributed by atoms with Crippen LogP contribution in [-0.4, -0.2) is 69.2 Å². The first kappa shape index (κ1) is 25.3. The van der Waals surface area contributed by atoms with Crippen molar-refractivity contribution in [1.82, 2.24) is 14.9 Å². The van der Waals surface area contributed by atoms with Crippen LogP contribution >= 0.6 is 35.7 Å². The van der Waals surface area contributed by atoms with Gasteiger partial charge >= 0.3 is 0 Å². The molecule has 0 spiro atoms. The van der Waals surface area contributed by atoms with Crippen molar-refractivity contribution in [1.29, 1.82) is 0 Å². The van der Waals surface area contributed by atoms with E-state index >= 15 is 0 Å². The monoisotopic (exact) mass is 542 g/mol. The smallest absolute Gasteiger partial charge is 0.215 e. The normalized spacial score (nSPS) is 15.6. The van der Waals surface area contributed by atoms with Crippen molar-refractivity contribution < 1.29 is 13.2 Å². The van der Waals surface area contributed by atoms with Crippen LogP contribution in [0.25, 0.3) is 0 Å². The molecule has 0 aromatic heterocycles. The third-order valence-electron chi connectivity index (χ3n) is 4.21. The summed E-state index contributed by atoms with van der Waals surface area (Å²) in [5.74, 6) is 3.21. The van der Waals surface area contributed by atoms with Crippen LogP contribution in [0.3, 0.4) is 0 Å². The third kappa shape index (κ3) is 7.96. The van der Waals surface area contributed by atoms with E-state index in [2.05, 4.69) is 15.6 Å². The number of thioether (sulfide) groups is 1. The quantitative estimate of drug-likeness (QED) is 0.298. The Morgan fingerprint density at radius 3 is 2.64 bits per heavy atom. The number of hydrogen-bond donors (Lipinski definition) is 2. The summed E-state index contributed by atoms with van der Waals surface area (Å²) < 4.78 is 31.8. The van der Waals surface area contributed by atoms with Gasteiger partial charge in [0.15, 0.2) is 5.96 Å². The van der Waals surface area contributed by atoms with Gasteiger partial charge in [-0.25, -0.2) is 17.7 Å². The van der Waals surface area contributed by atoms with Crippen molar-refractivity contribution >= 4 is 51.7 Å². The Morgan fingerprint density at radius 1 is 1.29 bits per heavy atom. The average molecular weight is 543 g/mol. The maximum atomic E-state index is 12.4. The molecule has 1 aromatic rings. The van der Waals surface area contributed by atoms with Crippen LogP contribution in [0, 0.1) is 6.92 Å². The van der Waals surface area contributed by atoms with Crippen molar-refractivity contribution in [3.63, 3.8) is 0 Å². The number of benzene rings is 1. The van der Waals surface area contributed by atoms with Crippen LogP contribution in [0.2, 0.25) is 0 Å². The number of ether oxygens (including phenoxy) is 1. The lowest BCUT2D eigenvalue weighted by Crippen LogP contribution is -2.44. The van der Waals surface area contributed by atoms with Crippen LogP contribution in [0.1, 0.15) is 18.1 Å². The number of halogens is 1. The van der Waals surface area contributed by atoms with Crippen LogP contribution in [0.4, 0.5) is 0 Å². The molecule has 2 N–H and O–H groups in total. The Hall–Kier alpha value is -0.720. The molecule has 2 rings (SSSR count). The Kier molecular flexibility index (Phi) is 11.5. The van der Waals surface area contributed by atoms with Crippen LogP contribution in [-0.2, 0) is 16.6 Å². The zero-order valence-corrected chi connectivity index (χ0v) is 20.7. The molecule has 0 radical (unpaired) electrons. The molecule has 10 heteroatoms. The number of sulfonamides is 1. The van der Waals surface area contributed by atoms with E-state index in [1.165, 1.54) is 0 Å². The molecular weight excluding hydrogens is 511 g/mol. The summed E-state index contributed by atoms with van der Waals surface area (Å²) in [6, 6.07) is 6.01. The second kappa shape index (κ2) is 12.8. The first-order chi connectivity index (χ1) is 13.0. The highest BCUT2D eigenvalue weighted by Crippen LogP contribution is 2.20. The highest BCUT2D eigenvalue weighted by atomic mass is 127. The van der Waals surface area contributed by atoms with E-state index in [9.17, 15) is 8.42 Å². The lowest BCUT2D eigenvalue weighted by atomic mass is 10.1. The minimum absolute atomic E-state index is 0. The van der Waals surface area contributed by atoms with Gasteiger partial charge in [-0.15, -0.1) is 24.0 Å². The molecule has 0 saturated carbocycles. The summed E-state index contributed by atoms with van der Waals surface area (Å²) in [6.07, 6.45) is 0. The average Bonchev–Trinajstić information content (AvgIpc) is 2.67. The highest BCUT2D eigenvalue weighted by molar-refractivity contribution is 14.0. The molecule has 160 valence electrons. The summed E-state index contributed by atoms with van der Waals surface area (Å²) in [5, 5.41) is 6.28. The van der Waals surface area contributed by atoms with Gasteiger partial charge in [0.25, 0.3) is 0 Å². The lowest BCUT2D eigenvalue weighted by Gasteiger charge is -2.25. The molecular formula is C18H31IN4O3S2. The highest BCUT2D eigenvalue weighted by Gasteiger charge is 2.23. The molecule has 0 bridgehead atoms. The lowest BCUT2D eigenvalue weighted by molar-refractivity contribution is 0.409. The molecule has 7 nitrogen and oxygen atoms in total. The summed E-state index contributed by atoms with van der Waals surface area (Å²) in [7, 11) is -1.57. The van der Waals surface area contributed by atoms with Gasteiger partial charge in [-0.3, -0.25) is 0 Å². The predicted octanol–water partition coefficient (Wildman–Crippen LogP) is 2.06. The number of guanidine groups is 1.